The average molecular weight is 435 g/mol. The largest absolute Gasteiger partial charge is 0.497 e. The van der Waals surface area contributed by atoms with Crippen molar-refractivity contribution in [3.05, 3.63) is 102 Å². The monoisotopic (exact) mass is 434 g/mol. The Morgan fingerprint density at radius 2 is 1.52 bits per heavy atom. The first-order valence-electron chi connectivity index (χ1n) is 9.77. The minimum absolute atomic E-state index is 0.113. The van der Waals surface area contributed by atoms with Crippen LogP contribution in [0.3, 0.4) is 0 Å². The summed E-state index contributed by atoms with van der Waals surface area (Å²) in [6.07, 6.45) is 0.355. The second-order valence-corrected chi connectivity index (χ2v) is 8.79. The molecule has 0 amide bonds. The highest BCUT2D eigenvalue weighted by atomic mass is 32.2. The van der Waals surface area contributed by atoms with Crippen LogP contribution in [0.25, 0.3) is 0 Å². The molecule has 1 heterocycles. The topological polar surface area (TPSA) is 81.4 Å². The first-order chi connectivity index (χ1) is 15.1. The number of nitrogens with one attached hydrogen (secondary N) is 1. The Hall–Kier alpha value is -3.58. The minimum atomic E-state index is -3.84. The first-order valence-corrected chi connectivity index (χ1v) is 11.2. The van der Waals surface area contributed by atoms with Gasteiger partial charge in [-0.2, -0.15) is 4.98 Å². The Balaban J connectivity index is 1.67. The lowest BCUT2D eigenvalue weighted by Crippen LogP contribution is -2.07. The van der Waals surface area contributed by atoms with Gasteiger partial charge in [0.15, 0.2) is 0 Å². The second-order valence-electron chi connectivity index (χ2n) is 6.92. The summed E-state index contributed by atoms with van der Waals surface area (Å²) in [7, 11) is -2.24. The Kier molecular flexibility index (Phi) is 6.04. The van der Waals surface area contributed by atoms with E-state index in [0.29, 0.717) is 18.9 Å². The van der Waals surface area contributed by atoms with Crippen molar-refractivity contribution in [1.82, 2.24) is 4.98 Å². The van der Waals surface area contributed by atoms with Gasteiger partial charge < -0.3 is 14.5 Å². The molecule has 4 aromatic rings. The standard InChI is InChI=1S/C24H22N2O4S/c1-29-20-14-12-18(13-15-20)16-22-26-24(31(27,28)21-10-6-3-7-11-21)23(30-22)25-17-19-8-4-2-5-9-19/h2-15,25H,16-17H2,1H3. The molecule has 31 heavy (non-hydrogen) atoms. The van der Waals surface area contributed by atoms with Crippen molar-refractivity contribution in [1.29, 1.82) is 0 Å². The number of nitrogens with zero attached hydrogens (tertiary/aromatic N) is 1. The molecule has 0 radical (unpaired) electrons. The number of aromatic nitrogens is 1. The number of anilines is 1. The maximum atomic E-state index is 13.2. The van der Waals surface area contributed by atoms with E-state index in [9.17, 15) is 8.42 Å². The van der Waals surface area contributed by atoms with Gasteiger partial charge in [0.05, 0.1) is 12.0 Å². The number of hydrogen-bond acceptors (Lipinski definition) is 6. The fourth-order valence-electron chi connectivity index (χ4n) is 3.13. The predicted molar refractivity (Wildman–Crippen MR) is 118 cm³/mol. The van der Waals surface area contributed by atoms with Gasteiger partial charge in [-0.25, -0.2) is 8.42 Å². The second kappa shape index (κ2) is 9.06. The van der Waals surface area contributed by atoms with E-state index in [4.69, 9.17) is 9.15 Å². The van der Waals surface area contributed by atoms with Crippen molar-refractivity contribution in [3.63, 3.8) is 0 Å². The zero-order valence-corrected chi connectivity index (χ0v) is 17.8. The lowest BCUT2D eigenvalue weighted by molar-refractivity contribution is 0.414. The van der Waals surface area contributed by atoms with Crippen LogP contribution in [0.2, 0.25) is 0 Å². The number of oxazole rings is 1. The number of benzene rings is 3. The van der Waals surface area contributed by atoms with Crippen LogP contribution in [0, 0.1) is 0 Å². The van der Waals surface area contributed by atoms with Crippen molar-refractivity contribution in [2.45, 2.75) is 22.9 Å². The van der Waals surface area contributed by atoms with Crippen LogP contribution in [0.15, 0.2) is 99.3 Å². The quantitative estimate of drug-likeness (QED) is 0.432. The fraction of sp³-hybridized carbons (Fsp3) is 0.125. The molecule has 0 fully saturated rings. The van der Waals surface area contributed by atoms with E-state index in [1.807, 2.05) is 54.6 Å². The Bertz CT molecular complexity index is 1240. The summed E-state index contributed by atoms with van der Waals surface area (Å²) in [5.41, 5.74) is 1.93. The normalized spacial score (nSPS) is 11.3. The molecular weight excluding hydrogens is 412 g/mol. The highest BCUT2D eigenvalue weighted by molar-refractivity contribution is 7.91. The Morgan fingerprint density at radius 3 is 2.16 bits per heavy atom. The minimum Gasteiger partial charge on any atom is -0.497 e. The summed E-state index contributed by atoms with van der Waals surface area (Å²) in [4.78, 5) is 4.53. The number of sulfone groups is 1. The van der Waals surface area contributed by atoms with Crippen molar-refractivity contribution in [2.75, 3.05) is 12.4 Å². The van der Waals surface area contributed by atoms with Gasteiger partial charge >= 0.3 is 0 Å². The van der Waals surface area contributed by atoms with E-state index in [2.05, 4.69) is 10.3 Å². The summed E-state index contributed by atoms with van der Waals surface area (Å²) in [6, 6.07) is 25.4. The van der Waals surface area contributed by atoms with Crippen LogP contribution in [0.1, 0.15) is 17.0 Å². The Morgan fingerprint density at radius 1 is 0.871 bits per heavy atom. The smallest absolute Gasteiger partial charge is 0.233 e. The average Bonchev–Trinajstić information content (AvgIpc) is 3.23. The van der Waals surface area contributed by atoms with E-state index >= 15 is 0 Å². The van der Waals surface area contributed by atoms with Gasteiger partial charge in [-0.05, 0) is 35.4 Å². The van der Waals surface area contributed by atoms with Crippen LogP contribution in [0.5, 0.6) is 5.75 Å². The molecular formula is C24H22N2O4S. The van der Waals surface area contributed by atoms with Gasteiger partial charge in [-0.1, -0.05) is 60.7 Å². The zero-order chi connectivity index (χ0) is 21.7. The summed E-state index contributed by atoms with van der Waals surface area (Å²) in [5, 5.41) is 2.99. The molecule has 158 valence electrons. The van der Waals surface area contributed by atoms with E-state index in [0.717, 1.165) is 16.9 Å². The maximum absolute atomic E-state index is 13.2. The summed E-state index contributed by atoms with van der Waals surface area (Å²) >= 11 is 0. The van der Waals surface area contributed by atoms with Crippen LogP contribution in [-0.4, -0.2) is 20.5 Å². The predicted octanol–water partition coefficient (Wildman–Crippen LogP) is 4.72. The molecule has 4 rings (SSSR count). The van der Waals surface area contributed by atoms with Gasteiger partial charge in [0, 0.05) is 13.0 Å². The molecule has 3 aromatic carbocycles. The first kappa shape index (κ1) is 20.7. The van der Waals surface area contributed by atoms with Gasteiger partial charge in [0.1, 0.15) is 5.75 Å². The molecule has 0 aliphatic carbocycles. The molecule has 0 bridgehead atoms. The van der Waals surface area contributed by atoms with Crippen molar-refractivity contribution >= 4 is 15.7 Å². The van der Waals surface area contributed by atoms with E-state index in [-0.39, 0.29) is 15.8 Å². The van der Waals surface area contributed by atoms with Crippen molar-refractivity contribution in [2.24, 2.45) is 0 Å². The third-order valence-electron chi connectivity index (χ3n) is 4.76. The van der Waals surface area contributed by atoms with Crippen LogP contribution in [-0.2, 0) is 22.8 Å². The van der Waals surface area contributed by atoms with Crippen LogP contribution < -0.4 is 10.1 Å². The van der Waals surface area contributed by atoms with Gasteiger partial charge in [-0.15, -0.1) is 0 Å². The third kappa shape index (κ3) is 4.78. The summed E-state index contributed by atoms with van der Waals surface area (Å²) in [5.74, 6) is 1.19. The molecule has 0 aliphatic heterocycles. The molecule has 1 aromatic heterocycles. The SMILES string of the molecule is COc1ccc(Cc2nc(S(=O)(=O)c3ccccc3)c(NCc3ccccc3)o2)cc1. The van der Waals surface area contributed by atoms with Gasteiger partial charge in [0.2, 0.25) is 26.6 Å². The highest BCUT2D eigenvalue weighted by Crippen LogP contribution is 2.29. The van der Waals surface area contributed by atoms with Crippen molar-refractivity contribution in [3.8, 4) is 5.75 Å². The molecule has 0 saturated heterocycles. The molecule has 0 spiro atoms. The molecule has 0 aliphatic rings. The molecule has 0 saturated carbocycles. The fourth-order valence-corrected chi connectivity index (χ4v) is 4.44. The third-order valence-corrected chi connectivity index (χ3v) is 6.44. The Labute approximate surface area is 181 Å². The maximum Gasteiger partial charge on any atom is 0.233 e. The van der Waals surface area contributed by atoms with E-state index in [1.54, 1.807) is 37.4 Å². The van der Waals surface area contributed by atoms with E-state index in [1.165, 1.54) is 0 Å². The molecule has 7 heteroatoms. The highest BCUT2D eigenvalue weighted by Gasteiger charge is 2.28. The summed E-state index contributed by atoms with van der Waals surface area (Å²) < 4.78 is 37.5. The molecule has 1 N–H and O–H groups in total. The van der Waals surface area contributed by atoms with Crippen LogP contribution >= 0.6 is 0 Å². The summed E-state index contributed by atoms with van der Waals surface area (Å²) in [6.45, 7) is 0.412. The van der Waals surface area contributed by atoms with Gasteiger partial charge in [-0.3, -0.25) is 0 Å². The zero-order valence-electron chi connectivity index (χ0n) is 17.0. The van der Waals surface area contributed by atoms with Crippen LogP contribution in [0.4, 0.5) is 5.88 Å². The molecule has 6 nitrogen and oxygen atoms in total. The number of methoxy groups -OCH3 is 1. The number of ether oxygens (including phenoxy) is 1. The lowest BCUT2D eigenvalue weighted by atomic mass is 10.1. The van der Waals surface area contributed by atoms with E-state index < -0.39 is 9.84 Å². The number of rotatable bonds is 8. The molecule has 0 unspecified atom stereocenters. The number of hydrogen-bond donors (Lipinski definition) is 1. The molecule has 0 atom stereocenters. The van der Waals surface area contributed by atoms with Gasteiger partial charge in [0.25, 0.3) is 0 Å². The lowest BCUT2D eigenvalue weighted by Gasteiger charge is -2.06. The van der Waals surface area contributed by atoms with Crippen molar-refractivity contribution < 1.29 is 17.6 Å².